The maximum Gasteiger partial charge on any atom is 0.216 e. The highest BCUT2D eigenvalue weighted by Crippen LogP contribution is 2.25. The molecule has 18 heavy (non-hydrogen) atoms. The average molecular weight is 244 g/mol. The van der Waals surface area contributed by atoms with Crippen molar-refractivity contribution in [3.05, 3.63) is 29.8 Å². The van der Waals surface area contributed by atoms with Crippen LogP contribution in [0.1, 0.15) is 32.3 Å². The number of hydrogen-bond donors (Lipinski definition) is 0. The normalized spacial score (nSPS) is 21.9. The Morgan fingerprint density at radius 1 is 1.22 bits per heavy atom. The van der Waals surface area contributed by atoms with E-state index in [1.807, 2.05) is 0 Å². The molecule has 2 heterocycles. The van der Waals surface area contributed by atoms with Crippen LogP contribution in [0.5, 0.6) is 0 Å². The number of anilines is 1. The van der Waals surface area contributed by atoms with Crippen LogP contribution in [0.2, 0.25) is 0 Å². The first-order valence-electron chi connectivity index (χ1n) is 6.72. The van der Waals surface area contributed by atoms with Crippen molar-refractivity contribution in [1.82, 2.24) is 0 Å². The molecule has 3 nitrogen and oxygen atoms in total. The van der Waals surface area contributed by atoms with Crippen LogP contribution < -0.4 is 4.90 Å². The highest BCUT2D eigenvalue weighted by Gasteiger charge is 2.27. The monoisotopic (exact) mass is 244 g/mol. The van der Waals surface area contributed by atoms with Crippen LogP contribution in [0.15, 0.2) is 29.3 Å². The Morgan fingerprint density at radius 2 is 2.00 bits per heavy atom. The molecular formula is C15H20N2O. The molecule has 1 fully saturated rings. The van der Waals surface area contributed by atoms with Crippen molar-refractivity contribution in [3.63, 3.8) is 0 Å². The molecule has 1 aromatic rings. The highest BCUT2D eigenvalue weighted by atomic mass is 16.5. The molecule has 0 aromatic heterocycles. The van der Waals surface area contributed by atoms with E-state index in [9.17, 15) is 0 Å². The fourth-order valence-corrected chi connectivity index (χ4v) is 2.54. The third-order valence-electron chi connectivity index (χ3n) is 3.53. The summed E-state index contributed by atoms with van der Waals surface area (Å²) in [6, 6.07) is 8.56. The van der Waals surface area contributed by atoms with Crippen LogP contribution in [-0.4, -0.2) is 31.1 Å². The lowest BCUT2D eigenvalue weighted by molar-refractivity contribution is 0.279. The lowest BCUT2D eigenvalue weighted by atomic mass is 10.1. The maximum atomic E-state index is 5.70. The van der Waals surface area contributed by atoms with Gasteiger partial charge in [-0.1, -0.05) is 6.07 Å². The first kappa shape index (κ1) is 11.6. The molecule has 0 aliphatic carbocycles. The molecule has 3 rings (SSSR count). The second kappa shape index (κ2) is 4.30. The van der Waals surface area contributed by atoms with Crippen molar-refractivity contribution in [2.24, 2.45) is 4.99 Å². The number of hydrogen-bond acceptors (Lipinski definition) is 3. The van der Waals surface area contributed by atoms with Gasteiger partial charge < -0.3 is 9.64 Å². The fourth-order valence-electron chi connectivity index (χ4n) is 2.54. The summed E-state index contributed by atoms with van der Waals surface area (Å²) < 4.78 is 5.70. The van der Waals surface area contributed by atoms with E-state index in [1.165, 1.54) is 31.6 Å². The van der Waals surface area contributed by atoms with Gasteiger partial charge in [-0.05, 0) is 44.9 Å². The van der Waals surface area contributed by atoms with Gasteiger partial charge in [-0.3, -0.25) is 0 Å². The van der Waals surface area contributed by atoms with E-state index in [0.717, 1.165) is 11.5 Å². The molecule has 1 aromatic carbocycles. The second-order valence-corrected chi connectivity index (χ2v) is 5.76. The lowest BCUT2D eigenvalue weighted by Crippen LogP contribution is -2.18. The van der Waals surface area contributed by atoms with E-state index in [-0.39, 0.29) is 5.54 Å². The maximum absolute atomic E-state index is 5.70. The van der Waals surface area contributed by atoms with Gasteiger partial charge in [0.25, 0.3) is 0 Å². The topological polar surface area (TPSA) is 24.8 Å². The van der Waals surface area contributed by atoms with Gasteiger partial charge in [0.1, 0.15) is 6.61 Å². The predicted molar refractivity (Wildman–Crippen MR) is 74.5 cm³/mol. The fraction of sp³-hybridized carbons (Fsp3) is 0.533. The SMILES string of the molecule is CC1(C)COC(c2cccc(N3CCCC3)c2)=N1. The van der Waals surface area contributed by atoms with E-state index in [2.05, 4.69) is 48.0 Å². The van der Waals surface area contributed by atoms with Crippen LogP contribution in [0.3, 0.4) is 0 Å². The quantitative estimate of drug-likeness (QED) is 0.799. The van der Waals surface area contributed by atoms with Crippen LogP contribution in [0.4, 0.5) is 5.69 Å². The van der Waals surface area contributed by atoms with Crippen LogP contribution in [-0.2, 0) is 4.74 Å². The van der Waals surface area contributed by atoms with Gasteiger partial charge in [-0.25, -0.2) is 4.99 Å². The summed E-state index contributed by atoms with van der Waals surface area (Å²) in [7, 11) is 0. The van der Waals surface area contributed by atoms with Gasteiger partial charge in [-0.2, -0.15) is 0 Å². The smallest absolute Gasteiger partial charge is 0.216 e. The Morgan fingerprint density at radius 3 is 2.67 bits per heavy atom. The minimum Gasteiger partial charge on any atom is -0.475 e. The van der Waals surface area contributed by atoms with Gasteiger partial charge in [0.2, 0.25) is 5.90 Å². The number of rotatable bonds is 2. The van der Waals surface area contributed by atoms with Crippen molar-refractivity contribution in [2.45, 2.75) is 32.2 Å². The van der Waals surface area contributed by atoms with Crippen molar-refractivity contribution in [1.29, 1.82) is 0 Å². The number of aliphatic imine (C=N–C) groups is 1. The van der Waals surface area contributed by atoms with E-state index in [0.29, 0.717) is 6.61 Å². The van der Waals surface area contributed by atoms with Gasteiger partial charge in [0.05, 0.1) is 5.54 Å². The molecule has 1 saturated heterocycles. The first-order valence-corrected chi connectivity index (χ1v) is 6.72. The number of nitrogens with zero attached hydrogens (tertiary/aromatic N) is 2. The van der Waals surface area contributed by atoms with Gasteiger partial charge in [0, 0.05) is 24.3 Å². The lowest BCUT2D eigenvalue weighted by Gasteiger charge is -2.18. The number of ether oxygens (including phenoxy) is 1. The second-order valence-electron chi connectivity index (χ2n) is 5.76. The summed E-state index contributed by atoms with van der Waals surface area (Å²) in [5, 5.41) is 0. The van der Waals surface area contributed by atoms with Crippen LogP contribution in [0.25, 0.3) is 0 Å². The van der Waals surface area contributed by atoms with Gasteiger partial charge in [0.15, 0.2) is 0 Å². The summed E-state index contributed by atoms with van der Waals surface area (Å²) in [6.45, 7) is 7.22. The molecule has 0 bridgehead atoms. The van der Waals surface area contributed by atoms with Crippen LogP contribution in [0, 0.1) is 0 Å². The van der Waals surface area contributed by atoms with Crippen molar-refractivity contribution >= 4 is 11.6 Å². The van der Waals surface area contributed by atoms with E-state index in [4.69, 9.17) is 4.74 Å². The molecule has 0 amide bonds. The first-order chi connectivity index (χ1) is 8.64. The molecule has 0 atom stereocenters. The Balaban J connectivity index is 1.87. The van der Waals surface area contributed by atoms with Crippen molar-refractivity contribution in [2.75, 3.05) is 24.6 Å². The number of benzene rings is 1. The van der Waals surface area contributed by atoms with E-state index < -0.39 is 0 Å². The zero-order chi connectivity index (χ0) is 12.6. The molecule has 2 aliphatic heterocycles. The summed E-state index contributed by atoms with van der Waals surface area (Å²) in [5.41, 5.74) is 2.31. The third-order valence-corrected chi connectivity index (χ3v) is 3.53. The van der Waals surface area contributed by atoms with E-state index in [1.54, 1.807) is 0 Å². The van der Waals surface area contributed by atoms with E-state index >= 15 is 0 Å². The van der Waals surface area contributed by atoms with Gasteiger partial charge in [-0.15, -0.1) is 0 Å². The molecule has 0 spiro atoms. The molecule has 0 radical (unpaired) electrons. The summed E-state index contributed by atoms with van der Waals surface area (Å²) in [4.78, 5) is 7.07. The van der Waals surface area contributed by atoms with Crippen molar-refractivity contribution < 1.29 is 4.74 Å². The molecule has 2 aliphatic rings. The predicted octanol–water partition coefficient (Wildman–Crippen LogP) is 2.84. The molecule has 0 unspecified atom stereocenters. The molecule has 0 saturated carbocycles. The summed E-state index contributed by atoms with van der Waals surface area (Å²) in [5.74, 6) is 0.793. The third kappa shape index (κ3) is 2.22. The Bertz CT molecular complexity index is 473. The molecule has 3 heteroatoms. The highest BCUT2D eigenvalue weighted by molar-refractivity contribution is 5.96. The summed E-state index contributed by atoms with van der Waals surface area (Å²) >= 11 is 0. The van der Waals surface area contributed by atoms with Crippen LogP contribution >= 0.6 is 0 Å². The zero-order valence-corrected chi connectivity index (χ0v) is 11.1. The largest absolute Gasteiger partial charge is 0.475 e. The zero-order valence-electron chi connectivity index (χ0n) is 11.1. The molecule has 96 valence electrons. The minimum atomic E-state index is -0.0843. The Kier molecular flexibility index (Phi) is 2.77. The standard InChI is InChI=1S/C15H20N2O/c1-15(2)11-18-14(16-15)12-6-5-7-13(10-12)17-8-3-4-9-17/h5-7,10H,3-4,8-9,11H2,1-2H3. The Hall–Kier alpha value is -1.51. The van der Waals surface area contributed by atoms with Gasteiger partial charge >= 0.3 is 0 Å². The average Bonchev–Trinajstić information content (AvgIpc) is 2.98. The molecule has 0 N–H and O–H groups in total. The summed E-state index contributed by atoms with van der Waals surface area (Å²) in [6.07, 6.45) is 2.60. The molecular weight excluding hydrogens is 224 g/mol. The Labute approximate surface area is 108 Å². The minimum absolute atomic E-state index is 0.0843. The van der Waals surface area contributed by atoms with Crippen molar-refractivity contribution in [3.8, 4) is 0 Å².